The van der Waals surface area contributed by atoms with E-state index in [-0.39, 0.29) is 24.5 Å². The molecule has 0 bridgehead atoms. The van der Waals surface area contributed by atoms with E-state index in [1.54, 1.807) is 12.4 Å². The van der Waals surface area contributed by atoms with Crippen LogP contribution in [0.1, 0.15) is 44.7 Å². The first-order valence-electron chi connectivity index (χ1n) is 11.0. The van der Waals surface area contributed by atoms with Crippen molar-refractivity contribution in [3.63, 3.8) is 0 Å². The van der Waals surface area contributed by atoms with Gasteiger partial charge in [0.15, 0.2) is 0 Å². The quantitative estimate of drug-likeness (QED) is 0.665. The van der Waals surface area contributed by atoms with E-state index in [1.807, 2.05) is 50.2 Å². The predicted octanol–water partition coefficient (Wildman–Crippen LogP) is 3.88. The Morgan fingerprint density at radius 2 is 1.77 bits per heavy atom. The highest BCUT2D eigenvalue weighted by Gasteiger charge is 2.42. The summed E-state index contributed by atoms with van der Waals surface area (Å²) in [4.78, 5) is 34.5. The maximum Gasteiger partial charge on any atom is 0.278 e. The molecule has 2 aliphatic heterocycles. The molecule has 0 spiro atoms. The standard InChI is InChI=1S/C25H29N3O3/c1-17(2)31-21-8-6-20(7-9-21)22-23(27-14-4-5-18(3)15-27)25(30)28(24(22)29)16-19-10-12-26-13-11-19/h6-13,17-18H,4-5,14-16H2,1-3H3. The van der Waals surface area contributed by atoms with Crippen molar-refractivity contribution in [3.05, 3.63) is 65.6 Å². The lowest BCUT2D eigenvalue weighted by Gasteiger charge is -2.33. The summed E-state index contributed by atoms with van der Waals surface area (Å²) in [6.07, 6.45) is 5.58. The van der Waals surface area contributed by atoms with E-state index >= 15 is 0 Å². The highest BCUT2D eigenvalue weighted by Crippen LogP contribution is 2.35. The van der Waals surface area contributed by atoms with Gasteiger partial charge in [-0.15, -0.1) is 0 Å². The third-order valence-electron chi connectivity index (χ3n) is 5.72. The van der Waals surface area contributed by atoms with E-state index in [0.29, 0.717) is 17.2 Å². The summed E-state index contributed by atoms with van der Waals surface area (Å²) in [5.41, 5.74) is 2.65. The molecule has 1 atom stereocenters. The largest absolute Gasteiger partial charge is 0.491 e. The summed E-state index contributed by atoms with van der Waals surface area (Å²) in [7, 11) is 0. The van der Waals surface area contributed by atoms with Crippen LogP contribution in [0.2, 0.25) is 0 Å². The van der Waals surface area contributed by atoms with Crippen LogP contribution < -0.4 is 4.74 Å². The summed E-state index contributed by atoms with van der Waals surface area (Å²) < 4.78 is 5.74. The maximum absolute atomic E-state index is 13.5. The van der Waals surface area contributed by atoms with E-state index in [1.165, 1.54) is 4.90 Å². The minimum absolute atomic E-state index is 0.0704. The van der Waals surface area contributed by atoms with Gasteiger partial charge >= 0.3 is 0 Å². The van der Waals surface area contributed by atoms with E-state index in [2.05, 4.69) is 16.8 Å². The Morgan fingerprint density at radius 3 is 2.42 bits per heavy atom. The molecule has 2 aliphatic rings. The Kier molecular flexibility index (Phi) is 6.07. The average Bonchev–Trinajstić information content (AvgIpc) is 2.99. The van der Waals surface area contributed by atoms with Gasteiger partial charge < -0.3 is 9.64 Å². The van der Waals surface area contributed by atoms with Crippen LogP contribution in [0.25, 0.3) is 5.57 Å². The lowest BCUT2D eigenvalue weighted by Crippen LogP contribution is -2.39. The second-order valence-corrected chi connectivity index (χ2v) is 8.66. The minimum atomic E-state index is -0.243. The molecule has 4 rings (SSSR count). The van der Waals surface area contributed by atoms with Crippen LogP contribution in [0.15, 0.2) is 54.5 Å². The van der Waals surface area contributed by atoms with E-state index in [9.17, 15) is 9.59 Å². The summed E-state index contributed by atoms with van der Waals surface area (Å²) in [6.45, 7) is 7.96. The average molecular weight is 420 g/mol. The molecule has 6 heteroatoms. The highest BCUT2D eigenvalue weighted by atomic mass is 16.5. The number of carbonyl (C=O) groups excluding carboxylic acids is 2. The molecule has 2 amide bonds. The molecule has 162 valence electrons. The molecule has 1 unspecified atom stereocenters. The van der Waals surface area contributed by atoms with Crippen LogP contribution in [-0.4, -0.2) is 45.8 Å². The lowest BCUT2D eigenvalue weighted by molar-refractivity contribution is -0.138. The number of hydrogen-bond donors (Lipinski definition) is 0. The van der Waals surface area contributed by atoms with Gasteiger partial charge in [-0.3, -0.25) is 19.5 Å². The number of ether oxygens (including phenoxy) is 1. The molecule has 1 fully saturated rings. The van der Waals surface area contributed by atoms with E-state index in [4.69, 9.17) is 4.74 Å². The number of rotatable bonds is 6. The summed E-state index contributed by atoms with van der Waals surface area (Å²) in [6, 6.07) is 11.1. The van der Waals surface area contributed by atoms with Gasteiger partial charge in [-0.25, -0.2) is 0 Å². The van der Waals surface area contributed by atoms with E-state index in [0.717, 1.165) is 42.8 Å². The van der Waals surface area contributed by atoms with Crippen LogP contribution in [0.4, 0.5) is 0 Å². The number of pyridine rings is 1. The van der Waals surface area contributed by atoms with Crippen molar-refractivity contribution in [3.8, 4) is 5.75 Å². The zero-order valence-electron chi connectivity index (χ0n) is 18.4. The fourth-order valence-corrected chi connectivity index (χ4v) is 4.30. The molecular formula is C25H29N3O3. The van der Waals surface area contributed by atoms with E-state index < -0.39 is 0 Å². The van der Waals surface area contributed by atoms with Crippen molar-refractivity contribution in [1.82, 2.24) is 14.8 Å². The lowest BCUT2D eigenvalue weighted by atomic mass is 9.97. The number of amides is 2. The fourth-order valence-electron chi connectivity index (χ4n) is 4.30. The predicted molar refractivity (Wildman–Crippen MR) is 119 cm³/mol. The molecule has 3 heterocycles. The Labute approximate surface area is 183 Å². The van der Waals surface area contributed by atoms with Crippen LogP contribution >= 0.6 is 0 Å². The Balaban J connectivity index is 1.70. The SMILES string of the molecule is CC1CCCN(C2=C(c3ccc(OC(C)C)cc3)C(=O)N(Cc3ccncc3)C2=O)C1. The number of piperidine rings is 1. The minimum Gasteiger partial charge on any atom is -0.491 e. The zero-order valence-corrected chi connectivity index (χ0v) is 18.4. The van der Waals surface area contributed by atoms with Gasteiger partial charge in [0.2, 0.25) is 0 Å². The third-order valence-corrected chi connectivity index (χ3v) is 5.72. The van der Waals surface area contributed by atoms with Gasteiger partial charge in [-0.05, 0) is 68.0 Å². The smallest absolute Gasteiger partial charge is 0.278 e. The first-order valence-corrected chi connectivity index (χ1v) is 11.0. The number of likely N-dealkylation sites (tertiary alicyclic amines) is 1. The van der Waals surface area contributed by atoms with Gasteiger partial charge in [0.05, 0.1) is 18.2 Å². The van der Waals surface area contributed by atoms with Gasteiger partial charge in [0, 0.05) is 25.5 Å². The Hall–Kier alpha value is -3.15. The molecule has 1 saturated heterocycles. The van der Waals surface area contributed by atoms with Crippen molar-refractivity contribution in [1.29, 1.82) is 0 Å². The number of benzene rings is 1. The normalized spacial score (nSPS) is 19.5. The summed E-state index contributed by atoms with van der Waals surface area (Å²) >= 11 is 0. The molecule has 0 aliphatic carbocycles. The van der Waals surface area contributed by atoms with Crippen molar-refractivity contribution in [2.75, 3.05) is 13.1 Å². The monoisotopic (exact) mass is 419 g/mol. The van der Waals surface area contributed by atoms with Crippen molar-refractivity contribution >= 4 is 17.4 Å². The summed E-state index contributed by atoms with van der Waals surface area (Å²) in [5.74, 6) is 0.778. The highest BCUT2D eigenvalue weighted by molar-refractivity contribution is 6.35. The Morgan fingerprint density at radius 1 is 1.06 bits per heavy atom. The molecule has 0 radical (unpaired) electrons. The molecule has 2 aromatic rings. The van der Waals surface area contributed by atoms with Crippen LogP contribution in [0, 0.1) is 5.92 Å². The van der Waals surface area contributed by atoms with Crippen LogP contribution in [0.5, 0.6) is 5.75 Å². The topological polar surface area (TPSA) is 62.7 Å². The van der Waals surface area contributed by atoms with Gasteiger partial charge in [0.25, 0.3) is 11.8 Å². The molecule has 0 N–H and O–H groups in total. The van der Waals surface area contributed by atoms with Gasteiger partial charge in [-0.1, -0.05) is 19.1 Å². The van der Waals surface area contributed by atoms with Gasteiger partial charge in [0.1, 0.15) is 11.4 Å². The van der Waals surface area contributed by atoms with Crippen LogP contribution in [0.3, 0.4) is 0 Å². The molecule has 1 aromatic carbocycles. The first kappa shape index (κ1) is 21.1. The summed E-state index contributed by atoms with van der Waals surface area (Å²) in [5, 5.41) is 0. The van der Waals surface area contributed by atoms with Crippen molar-refractivity contribution in [2.24, 2.45) is 5.92 Å². The molecule has 1 aromatic heterocycles. The van der Waals surface area contributed by atoms with Gasteiger partial charge in [-0.2, -0.15) is 0 Å². The number of hydrogen-bond acceptors (Lipinski definition) is 5. The maximum atomic E-state index is 13.5. The second-order valence-electron chi connectivity index (χ2n) is 8.66. The number of aromatic nitrogens is 1. The molecule has 6 nitrogen and oxygen atoms in total. The van der Waals surface area contributed by atoms with Crippen molar-refractivity contribution in [2.45, 2.75) is 46.3 Å². The number of nitrogens with zero attached hydrogens (tertiary/aromatic N) is 3. The second kappa shape index (κ2) is 8.92. The zero-order chi connectivity index (χ0) is 22.0. The van der Waals surface area contributed by atoms with Crippen LogP contribution in [-0.2, 0) is 16.1 Å². The first-order chi connectivity index (χ1) is 14.9. The third kappa shape index (κ3) is 4.48. The number of imide groups is 1. The molecule has 0 saturated carbocycles. The number of carbonyl (C=O) groups is 2. The molecular weight excluding hydrogens is 390 g/mol. The Bertz CT molecular complexity index is 983. The molecule has 31 heavy (non-hydrogen) atoms. The van der Waals surface area contributed by atoms with Crippen molar-refractivity contribution < 1.29 is 14.3 Å². The fraction of sp³-hybridized carbons (Fsp3) is 0.400.